The SMILES string of the molecule is COC(C#N)/C=C\C/C=C\C/C=C\CCO. The lowest BCUT2D eigenvalue weighted by atomic mass is 10.2. The number of hydrogen-bond donors (Lipinski definition) is 1. The molecule has 0 heterocycles. The van der Waals surface area contributed by atoms with Crippen molar-refractivity contribution in [3.63, 3.8) is 0 Å². The van der Waals surface area contributed by atoms with Gasteiger partial charge in [-0.3, -0.25) is 0 Å². The minimum atomic E-state index is -0.446. The molecule has 3 heteroatoms. The van der Waals surface area contributed by atoms with Crippen molar-refractivity contribution in [1.82, 2.24) is 0 Å². The third kappa shape index (κ3) is 9.20. The number of aliphatic hydroxyl groups is 1. The molecule has 3 nitrogen and oxygen atoms in total. The van der Waals surface area contributed by atoms with Crippen LogP contribution in [0.3, 0.4) is 0 Å². The molecule has 88 valence electrons. The molecule has 0 fully saturated rings. The maximum atomic E-state index is 8.58. The Morgan fingerprint density at radius 1 is 1.19 bits per heavy atom. The van der Waals surface area contributed by atoms with Crippen molar-refractivity contribution in [3.8, 4) is 6.07 Å². The molecule has 0 radical (unpaired) electrons. The van der Waals surface area contributed by atoms with Gasteiger partial charge in [0.1, 0.15) is 0 Å². The zero-order valence-electron chi connectivity index (χ0n) is 9.67. The van der Waals surface area contributed by atoms with Crippen LogP contribution in [0.25, 0.3) is 0 Å². The van der Waals surface area contributed by atoms with Crippen molar-refractivity contribution in [3.05, 3.63) is 36.5 Å². The summed E-state index contributed by atoms with van der Waals surface area (Å²) in [6.07, 6.45) is 13.6. The van der Waals surface area contributed by atoms with Crippen LogP contribution >= 0.6 is 0 Å². The van der Waals surface area contributed by atoms with Gasteiger partial charge in [-0.1, -0.05) is 30.4 Å². The molecule has 0 aliphatic carbocycles. The number of hydrogen-bond acceptors (Lipinski definition) is 3. The molecular formula is C13H19NO2. The minimum absolute atomic E-state index is 0.204. The summed E-state index contributed by atoms with van der Waals surface area (Å²) in [5.74, 6) is 0. The van der Waals surface area contributed by atoms with Gasteiger partial charge < -0.3 is 9.84 Å². The maximum Gasteiger partial charge on any atom is 0.161 e. The molecule has 0 aliphatic heterocycles. The summed E-state index contributed by atoms with van der Waals surface area (Å²) >= 11 is 0. The van der Waals surface area contributed by atoms with Gasteiger partial charge in [0, 0.05) is 13.7 Å². The summed E-state index contributed by atoms with van der Waals surface area (Å²) in [6, 6.07) is 2.01. The van der Waals surface area contributed by atoms with Crippen molar-refractivity contribution in [2.24, 2.45) is 0 Å². The van der Waals surface area contributed by atoms with Crippen LogP contribution in [-0.4, -0.2) is 24.9 Å². The minimum Gasteiger partial charge on any atom is -0.396 e. The van der Waals surface area contributed by atoms with Crippen molar-refractivity contribution in [2.75, 3.05) is 13.7 Å². The predicted octanol–water partition coefficient (Wildman–Crippen LogP) is 2.36. The number of nitriles is 1. The summed E-state index contributed by atoms with van der Waals surface area (Å²) < 4.78 is 4.86. The lowest BCUT2D eigenvalue weighted by Crippen LogP contribution is -2.01. The third-order valence-electron chi connectivity index (χ3n) is 1.87. The van der Waals surface area contributed by atoms with Crippen LogP contribution < -0.4 is 0 Å². The molecule has 1 N–H and O–H groups in total. The molecule has 1 unspecified atom stereocenters. The molecule has 0 rings (SSSR count). The topological polar surface area (TPSA) is 53.2 Å². The standard InChI is InChI=1S/C13H19NO2/c1-16-13(12-14)10-8-6-4-2-3-5-7-9-11-15/h2,4-5,7-8,10,13,15H,3,6,9,11H2,1H3/b4-2-,7-5-,10-8-. The van der Waals surface area contributed by atoms with Crippen LogP contribution in [0, 0.1) is 11.3 Å². The second-order valence-electron chi connectivity index (χ2n) is 3.14. The molecule has 0 spiro atoms. The van der Waals surface area contributed by atoms with Gasteiger partial charge in [-0.05, 0) is 25.3 Å². The Hall–Kier alpha value is -1.37. The van der Waals surface area contributed by atoms with Gasteiger partial charge >= 0.3 is 0 Å². The van der Waals surface area contributed by atoms with E-state index in [-0.39, 0.29) is 6.61 Å². The molecule has 0 bridgehead atoms. The van der Waals surface area contributed by atoms with Gasteiger partial charge in [0.25, 0.3) is 0 Å². The lowest BCUT2D eigenvalue weighted by Gasteiger charge is -1.96. The second-order valence-corrected chi connectivity index (χ2v) is 3.14. The molecule has 0 aromatic carbocycles. The Morgan fingerprint density at radius 2 is 1.81 bits per heavy atom. The van der Waals surface area contributed by atoms with E-state index >= 15 is 0 Å². The number of nitrogens with zero attached hydrogens (tertiary/aromatic N) is 1. The van der Waals surface area contributed by atoms with E-state index in [2.05, 4.69) is 0 Å². The second kappa shape index (κ2) is 11.7. The van der Waals surface area contributed by atoms with Crippen LogP contribution in [0.4, 0.5) is 0 Å². The van der Waals surface area contributed by atoms with E-state index in [0.29, 0.717) is 6.42 Å². The van der Waals surface area contributed by atoms with E-state index in [1.54, 1.807) is 6.08 Å². The van der Waals surface area contributed by atoms with Gasteiger partial charge in [0.2, 0.25) is 0 Å². The van der Waals surface area contributed by atoms with Crippen molar-refractivity contribution < 1.29 is 9.84 Å². The zero-order valence-corrected chi connectivity index (χ0v) is 9.67. The molecule has 1 atom stereocenters. The number of allylic oxidation sites excluding steroid dienone is 4. The van der Waals surface area contributed by atoms with Crippen molar-refractivity contribution >= 4 is 0 Å². The Bertz CT molecular complexity index is 274. The van der Waals surface area contributed by atoms with Gasteiger partial charge in [-0.2, -0.15) is 5.26 Å². The van der Waals surface area contributed by atoms with Gasteiger partial charge in [0.05, 0.1) is 6.07 Å². The molecule has 16 heavy (non-hydrogen) atoms. The first-order chi connectivity index (χ1) is 7.85. The average molecular weight is 221 g/mol. The van der Waals surface area contributed by atoms with E-state index in [4.69, 9.17) is 15.1 Å². The fourth-order valence-corrected chi connectivity index (χ4v) is 1.01. The monoisotopic (exact) mass is 221 g/mol. The first-order valence-electron chi connectivity index (χ1n) is 5.35. The number of ether oxygens (including phenoxy) is 1. The highest BCUT2D eigenvalue weighted by Crippen LogP contribution is 1.95. The Balaban J connectivity index is 3.58. The predicted molar refractivity (Wildman–Crippen MR) is 64.8 cm³/mol. The fourth-order valence-electron chi connectivity index (χ4n) is 1.01. The highest BCUT2D eigenvalue weighted by Gasteiger charge is 1.95. The lowest BCUT2D eigenvalue weighted by molar-refractivity contribution is 0.183. The summed E-state index contributed by atoms with van der Waals surface area (Å²) in [6.45, 7) is 0.204. The van der Waals surface area contributed by atoms with E-state index < -0.39 is 6.10 Å². The summed E-state index contributed by atoms with van der Waals surface area (Å²) in [5, 5.41) is 17.1. The van der Waals surface area contributed by atoms with Crippen molar-refractivity contribution in [2.45, 2.75) is 25.4 Å². The van der Waals surface area contributed by atoms with Crippen LogP contribution in [0.15, 0.2) is 36.5 Å². The smallest absolute Gasteiger partial charge is 0.161 e. The molecular weight excluding hydrogens is 202 g/mol. The molecule has 0 aromatic rings. The highest BCUT2D eigenvalue weighted by molar-refractivity contribution is 5.04. The van der Waals surface area contributed by atoms with Gasteiger partial charge in [-0.25, -0.2) is 0 Å². The van der Waals surface area contributed by atoms with Gasteiger partial charge in [-0.15, -0.1) is 0 Å². The van der Waals surface area contributed by atoms with Crippen LogP contribution in [0.2, 0.25) is 0 Å². The Kier molecular flexibility index (Phi) is 10.7. The molecule has 0 amide bonds. The number of aliphatic hydroxyl groups excluding tert-OH is 1. The summed E-state index contributed by atoms with van der Waals surface area (Å²) in [5.41, 5.74) is 0. The molecule has 0 aromatic heterocycles. The molecule has 0 saturated heterocycles. The van der Waals surface area contributed by atoms with Crippen LogP contribution in [0.5, 0.6) is 0 Å². The van der Waals surface area contributed by atoms with Crippen molar-refractivity contribution in [1.29, 1.82) is 5.26 Å². The Morgan fingerprint density at radius 3 is 2.38 bits per heavy atom. The first kappa shape index (κ1) is 14.6. The third-order valence-corrected chi connectivity index (χ3v) is 1.87. The summed E-state index contributed by atoms with van der Waals surface area (Å²) in [4.78, 5) is 0. The largest absolute Gasteiger partial charge is 0.396 e. The molecule has 0 aliphatic rings. The molecule has 0 saturated carbocycles. The van der Waals surface area contributed by atoms with E-state index in [0.717, 1.165) is 12.8 Å². The van der Waals surface area contributed by atoms with Gasteiger partial charge in [0.15, 0.2) is 6.10 Å². The van der Waals surface area contributed by atoms with E-state index in [1.807, 2.05) is 36.4 Å². The number of methoxy groups -OCH3 is 1. The number of rotatable bonds is 8. The average Bonchev–Trinajstić information content (AvgIpc) is 2.32. The maximum absolute atomic E-state index is 8.58. The fraction of sp³-hybridized carbons (Fsp3) is 0.462. The van der Waals surface area contributed by atoms with Crippen LogP contribution in [0.1, 0.15) is 19.3 Å². The first-order valence-corrected chi connectivity index (χ1v) is 5.35. The van der Waals surface area contributed by atoms with E-state index in [9.17, 15) is 0 Å². The van der Waals surface area contributed by atoms with Crippen LogP contribution in [-0.2, 0) is 4.74 Å². The normalized spacial score (nSPS) is 13.8. The highest BCUT2D eigenvalue weighted by atomic mass is 16.5. The quantitative estimate of drug-likeness (QED) is 0.640. The van der Waals surface area contributed by atoms with E-state index in [1.165, 1.54) is 7.11 Å². The summed E-state index contributed by atoms with van der Waals surface area (Å²) in [7, 11) is 1.51. The zero-order chi connectivity index (χ0) is 12.1. The Labute approximate surface area is 97.4 Å².